The molecule has 4 rings (SSSR count). The van der Waals surface area contributed by atoms with E-state index in [1.165, 1.54) is 11.3 Å². The number of carbonyl (C=O) groups excluding carboxylic acids is 2. The molecule has 2 heterocycles. The van der Waals surface area contributed by atoms with Gasteiger partial charge in [0.15, 0.2) is 5.13 Å². The van der Waals surface area contributed by atoms with Crippen LogP contribution in [-0.2, 0) is 0 Å². The number of piperazine rings is 1. The number of carbonyl (C=O) groups is 2. The van der Waals surface area contributed by atoms with E-state index in [0.29, 0.717) is 16.3 Å². The highest BCUT2D eigenvalue weighted by molar-refractivity contribution is 7.22. The largest absolute Gasteiger partial charge is 0.497 e. The van der Waals surface area contributed by atoms with Gasteiger partial charge in [-0.15, -0.1) is 0 Å². The van der Waals surface area contributed by atoms with Crippen LogP contribution in [0.15, 0.2) is 42.5 Å². The number of fused-ring (bicyclic) bond motifs is 1. The van der Waals surface area contributed by atoms with Crippen LogP contribution in [0.2, 0.25) is 0 Å². The standard InChI is InChI=1S/C21H22N4O3S/c1-24-9-11-25(12-10-24)20(27)15-5-3-14(4-6-15)19(26)23-21-22-17-8-7-16(28-2)13-18(17)29-21/h3-8,13H,9-12H2,1-2H3,(H,22,23,26). The zero-order chi connectivity index (χ0) is 20.4. The molecule has 8 heteroatoms. The van der Waals surface area contributed by atoms with Gasteiger partial charge in [-0.25, -0.2) is 4.98 Å². The second-order valence-electron chi connectivity index (χ2n) is 6.98. The Kier molecular flexibility index (Phi) is 5.46. The van der Waals surface area contributed by atoms with Crippen LogP contribution in [0.5, 0.6) is 5.75 Å². The first kappa shape index (κ1) is 19.4. The number of rotatable bonds is 4. The van der Waals surface area contributed by atoms with Crippen molar-refractivity contribution in [3.8, 4) is 5.75 Å². The lowest BCUT2D eigenvalue weighted by molar-refractivity contribution is 0.0664. The van der Waals surface area contributed by atoms with Crippen LogP contribution in [0.1, 0.15) is 20.7 Å². The van der Waals surface area contributed by atoms with Crippen molar-refractivity contribution in [1.29, 1.82) is 0 Å². The molecule has 1 saturated heterocycles. The van der Waals surface area contributed by atoms with E-state index in [2.05, 4.69) is 22.2 Å². The van der Waals surface area contributed by atoms with Gasteiger partial charge in [0.1, 0.15) is 5.75 Å². The Bertz CT molecular complexity index is 1040. The van der Waals surface area contributed by atoms with Crippen LogP contribution in [0, 0.1) is 0 Å². The summed E-state index contributed by atoms with van der Waals surface area (Å²) in [5.41, 5.74) is 1.88. The summed E-state index contributed by atoms with van der Waals surface area (Å²) in [6, 6.07) is 12.4. The minimum absolute atomic E-state index is 0.00479. The second kappa shape index (κ2) is 8.18. The van der Waals surface area contributed by atoms with E-state index in [4.69, 9.17) is 4.74 Å². The molecule has 0 atom stereocenters. The average Bonchev–Trinajstić information content (AvgIpc) is 3.15. The maximum Gasteiger partial charge on any atom is 0.257 e. The summed E-state index contributed by atoms with van der Waals surface area (Å²) in [5.74, 6) is 0.499. The van der Waals surface area contributed by atoms with Gasteiger partial charge in [0.05, 0.1) is 17.3 Å². The summed E-state index contributed by atoms with van der Waals surface area (Å²) in [7, 11) is 3.67. The number of amides is 2. The molecule has 1 aliphatic heterocycles. The summed E-state index contributed by atoms with van der Waals surface area (Å²) < 4.78 is 6.16. The molecular weight excluding hydrogens is 388 g/mol. The Balaban J connectivity index is 1.43. The van der Waals surface area contributed by atoms with Gasteiger partial charge in [0.25, 0.3) is 11.8 Å². The maximum atomic E-state index is 12.6. The van der Waals surface area contributed by atoms with Gasteiger partial charge in [-0.2, -0.15) is 0 Å². The van der Waals surface area contributed by atoms with Crippen LogP contribution in [-0.4, -0.2) is 66.9 Å². The van der Waals surface area contributed by atoms with E-state index in [1.54, 1.807) is 31.4 Å². The van der Waals surface area contributed by atoms with Crippen LogP contribution in [0.4, 0.5) is 5.13 Å². The van der Waals surface area contributed by atoms with Crippen LogP contribution in [0.25, 0.3) is 10.2 Å². The van der Waals surface area contributed by atoms with Crippen molar-refractivity contribution in [2.75, 3.05) is 45.7 Å². The Morgan fingerprint density at radius 2 is 1.72 bits per heavy atom. The molecular formula is C21H22N4O3S. The first-order valence-electron chi connectivity index (χ1n) is 9.37. The van der Waals surface area contributed by atoms with E-state index in [1.807, 2.05) is 23.1 Å². The number of hydrogen-bond acceptors (Lipinski definition) is 6. The summed E-state index contributed by atoms with van der Waals surface area (Å²) in [6.07, 6.45) is 0. The summed E-state index contributed by atoms with van der Waals surface area (Å²) >= 11 is 1.39. The third kappa shape index (κ3) is 4.23. The van der Waals surface area contributed by atoms with Gasteiger partial charge in [0.2, 0.25) is 0 Å². The number of aromatic nitrogens is 1. The van der Waals surface area contributed by atoms with Crippen molar-refractivity contribution in [3.05, 3.63) is 53.6 Å². The zero-order valence-corrected chi connectivity index (χ0v) is 17.2. The lowest BCUT2D eigenvalue weighted by atomic mass is 10.1. The molecule has 0 aliphatic carbocycles. The normalized spacial score (nSPS) is 14.8. The first-order valence-corrected chi connectivity index (χ1v) is 10.2. The Morgan fingerprint density at radius 3 is 2.41 bits per heavy atom. The molecule has 1 aromatic heterocycles. The van der Waals surface area contributed by atoms with E-state index < -0.39 is 0 Å². The molecule has 1 N–H and O–H groups in total. The Labute approximate surface area is 172 Å². The zero-order valence-electron chi connectivity index (χ0n) is 16.3. The Morgan fingerprint density at radius 1 is 1.03 bits per heavy atom. The van der Waals surface area contributed by atoms with Gasteiger partial charge in [-0.05, 0) is 49.5 Å². The third-order valence-corrected chi connectivity index (χ3v) is 5.93. The molecule has 1 fully saturated rings. The van der Waals surface area contributed by atoms with Crippen molar-refractivity contribution in [3.63, 3.8) is 0 Å². The SMILES string of the molecule is COc1ccc2nc(NC(=O)c3ccc(C(=O)N4CCN(C)CC4)cc3)sc2c1. The van der Waals surface area contributed by atoms with Gasteiger partial charge < -0.3 is 14.5 Å². The predicted molar refractivity (Wildman–Crippen MR) is 114 cm³/mol. The molecule has 2 amide bonds. The molecule has 1 aliphatic rings. The molecule has 0 radical (unpaired) electrons. The fourth-order valence-electron chi connectivity index (χ4n) is 3.21. The van der Waals surface area contributed by atoms with Crippen molar-refractivity contribution in [2.45, 2.75) is 0 Å². The van der Waals surface area contributed by atoms with Gasteiger partial charge >= 0.3 is 0 Å². The number of thiazole rings is 1. The van der Waals surface area contributed by atoms with E-state index in [-0.39, 0.29) is 11.8 Å². The van der Waals surface area contributed by atoms with Gasteiger partial charge in [0, 0.05) is 37.3 Å². The third-order valence-electron chi connectivity index (χ3n) is 5.00. The number of anilines is 1. The molecule has 7 nitrogen and oxygen atoms in total. The first-order chi connectivity index (χ1) is 14.0. The number of methoxy groups -OCH3 is 1. The Hall–Kier alpha value is -2.97. The second-order valence-corrected chi connectivity index (χ2v) is 8.01. The average molecular weight is 410 g/mol. The lowest BCUT2D eigenvalue weighted by Crippen LogP contribution is -2.47. The minimum atomic E-state index is -0.255. The molecule has 150 valence electrons. The number of likely N-dealkylation sites (N-methyl/N-ethyl adjacent to an activating group) is 1. The minimum Gasteiger partial charge on any atom is -0.497 e. The van der Waals surface area contributed by atoms with E-state index in [0.717, 1.165) is 42.1 Å². The highest BCUT2D eigenvalue weighted by atomic mass is 32.1. The van der Waals surface area contributed by atoms with E-state index >= 15 is 0 Å². The monoisotopic (exact) mass is 410 g/mol. The molecule has 3 aromatic rings. The maximum absolute atomic E-state index is 12.6. The topological polar surface area (TPSA) is 74.8 Å². The van der Waals surface area contributed by atoms with Crippen LogP contribution < -0.4 is 10.1 Å². The number of nitrogens with one attached hydrogen (secondary N) is 1. The molecule has 0 unspecified atom stereocenters. The molecule has 2 aromatic carbocycles. The van der Waals surface area contributed by atoms with Gasteiger partial charge in [-0.3, -0.25) is 14.9 Å². The van der Waals surface area contributed by atoms with Crippen LogP contribution in [0.3, 0.4) is 0 Å². The number of nitrogens with zero attached hydrogens (tertiary/aromatic N) is 3. The highest BCUT2D eigenvalue weighted by Gasteiger charge is 2.20. The van der Waals surface area contributed by atoms with Crippen molar-refractivity contribution < 1.29 is 14.3 Å². The molecule has 0 bridgehead atoms. The van der Waals surface area contributed by atoms with Crippen molar-refractivity contribution >= 4 is 38.5 Å². The van der Waals surface area contributed by atoms with Gasteiger partial charge in [-0.1, -0.05) is 11.3 Å². The fraction of sp³-hybridized carbons (Fsp3) is 0.286. The summed E-state index contributed by atoms with van der Waals surface area (Å²) in [6.45, 7) is 3.19. The summed E-state index contributed by atoms with van der Waals surface area (Å²) in [4.78, 5) is 33.7. The quantitative estimate of drug-likeness (QED) is 0.716. The molecule has 29 heavy (non-hydrogen) atoms. The predicted octanol–water partition coefficient (Wildman–Crippen LogP) is 2.94. The van der Waals surface area contributed by atoms with E-state index in [9.17, 15) is 9.59 Å². The lowest BCUT2D eigenvalue weighted by Gasteiger charge is -2.32. The van der Waals surface area contributed by atoms with Crippen LogP contribution >= 0.6 is 11.3 Å². The van der Waals surface area contributed by atoms with Crippen molar-refractivity contribution in [1.82, 2.24) is 14.8 Å². The molecule has 0 saturated carbocycles. The smallest absolute Gasteiger partial charge is 0.257 e. The van der Waals surface area contributed by atoms with Crippen molar-refractivity contribution in [2.24, 2.45) is 0 Å². The number of ether oxygens (including phenoxy) is 1. The summed E-state index contributed by atoms with van der Waals surface area (Å²) in [5, 5.41) is 3.35. The molecule has 0 spiro atoms. The fourth-order valence-corrected chi connectivity index (χ4v) is 4.10. The number of benzene rings is 2. The number of hydrogen-bond donors (Lipinski definition) is 1. The highest BCUT2D eigenvalue weighted by Crippen LogP contribution is 2.29.